The molecule has 2 heteroatoms. The lowest BCUT2D eigenvalue weighted by atomic mass is 10.1. The SMILES string of the molecule is C1CCC(CN2CC3CC2CN3)C1. The number of likely N-dealkylation sites (tertiary alicyclic amines) is 1. The predicted molar refractivity (Wildman–Crippen MR) is 53.7 cm³/mol. The molecule has 2 unspecified atom stereocenters. The number of nitrogens with zero attached hydrogens (tertiary/aromatic N) is 1. The number of nitrogens with one attached hydrogen (secondary N) is 1. The molecule has 0 aromatic heterocycles. The van der Waals surface area contributed by atoms with Crippen molar-refractivity contribution in [3.8, 4) is 0 Å². The Labute approximate surface area is 80.7 Å². The highest BCUT2D eigenvalue weighted by atomic mass is 15.3. The van der Waals surface area contributed by atoms with Crippen LogP contribution >= 0.6 is 0 Å². The lowest BCUT2D eigenvalue weighted by molar-refractivity contribution is 0.193. The molecular formula is C11H20N2. The van der Waals surface area contributed by atoms with E-state index in [4.69, 9.17) is 0 Å². The topological polar surface area (TPSA) is 15.3 Å². The molecule has 0 amide bonds. The Morgan fingerprint density at radius 3 is 2.69 bits per heavy atom. The molecule has 0 aromatic rings. The van der Waals surface area contributed by atoms with Crippen LogP contribution in [-0.4, -0.2) is 36.6 Å². The highest BCUT2D eigenvalue weighted by Gasteiger charge is 2.38. The van der Waals surface area contributed by atoms with E-state index in [1.165, 1.54) is 51.7 Å². The van der Waals surface area contributed by atoms with Gasteiger partial charge in [0, 0.05) is 31.7 Å². The van der Waals surface area contributed by atoms with Crippen molar-refractivity contribution < 1.29 is 0 Å². The summed E-state index contributed by atoms with van der Waals surface area (Å²) in [4.78, 5) is 2.75. The molecule has 3 rings (SSSR count). The largest absolute Gasteiger partial charge is 0.311 e. The zero-order valence-corrected chi connectivity index (χ0v) is 8.34. The smallest absolute Gasteiger partial charge is 0.0236 e. The number of fused-ring (bicyclic) bond motifs is 2. The van der Waals surface area contributed by atoms with Gasteiger partial charge in [0.1, 0.15) is 0 Å². The van der Waals surface area contributed by atoms with Gasteiger partial charge in [0.15, 0.2) is 0 Å². The van der Waals surface area contributed by atoms with Gasteiger partial charge in [0.05, 0.1) is 0 Å². The molecule has 3 aliphatic rings. The maximum absolute atomic E-state index is 3.57. The average Bonchev–Trinajstić information content (AvgIpc) is 2.77. The standard InChI is InChI=1S/C11H20N2/c1-2-4-9(3-1)7-13-8-10-5-11(13)6-12-10/h9-12H,1-8H2. The summed E-state index contributed by atoms with van der Waals surface area (Å²) < 4.78 is 0. The Kier molecular flexibility index (Phi) is 2.06. The monoisotopic (exact) mass is 180 g/mol. The highest BCUT2D eigenvalue weighted by molar-refractivity contribution is 4.97. The summed E-state index contributed by atoms with van der Waals surface area (Å²) in [5.41, 5.74) is 0. The molecule has 3 fully saturated rings. The highest BCUT2D eigenvalue weighted by Crippen LogP contribution is 2.30. The number of rotatable bonds is 2. The van der Waals surface area contributed by atoms with Gasteiger partial charge in [-0.05, 0) is 25.2 Å². The molecule has 1 aliphatic carbocycles. The third-order valence-electron chi connectivity index (χ3n) is 4.14. The molecule has 13 heavy (non-hydrogen) atoms. The normalized spacial score (nSPS) is 40.6. The van der Waals surface area contributed by atoms with Crippen LogP contribution in [0.2, 0.25) is 0 Å². The van der Waals surface area contributed by atoms with E-state index in [0.717, 1.165) is 18.0 Å². The van der Waals surface area contributed by atoms with Gasteiger partial charge in [-0.25, -0.2) is 0 Å². The summed E-state index contributed by atoms with van der Waals surface area (Å²) in [6.07, 6.45) is 7.41. The minimum atomic E-state index is 0.839. The lowest BCUT2D eigenvalue weighted by Crippen LogP contribution is -2.45. The average molecular weight is 180 g/mol. The number of hydrogen-bond acceptors (Lipinski definition) is 2. The van der Waals surface area contributed by atoms with Gasteiger partial charge in [0.2, 0.25) is 0 Å². The third-order valence-corrected chi connectivity index (χ3v) is 4.14. The molecule has 0 spiro atoms. The first-order valence-electron chi connectivity index (χ1n) is 5.89. The fraction of sp³-hybridized carbons (Fsp3) is 1.00. The third kappa shape index (κ3) is 1.50. The second-order valence-corrected chi connectivity index (χ2v) is 5.10. The predicted octanol–water partition coefficient (Wildman–Crippen LogP) is 1.22. The van der Waals surface area contributed by atoms with Crippen molar-refractivity contribution >= 4 is 0 Å². The molecular weight excluding hydrogens is 160 g/mol. The van der Waals surface area contributed by atoms with Crippen molar-refractivity contribution in [2.24, 2.45) is 5.92 Å². The van der Waals surface area contributed by atoms with Crippen LogP contribution in [0, 0.1) is 5.92 Å². The van der Waals surface area contributed by atoms with E-state index in [1.807, 2.05) is 0 Å². The van der Waals surface area contributed by atoms with E-state index < -0.39 is 0 Å². The summed E-state index contributed by atoms with van der Waals surface area (Å²) in [6, 6.07) is 1.73. The van der Waals surface area contributed by atoms with Gasteiger partial charge in [-0.2, -0.15) is 0 Å². The first-order valence-corrected chi connectivity index (χ1v) is 5.89. The van der Waals surface area contributed by atoms with Crippen molar-refractivity contribution in [1.29, 1.82) is 0 Å². The van der Waals surface area contributed by atoms with Crippen molar-refractivity contribution in [1.82, 2.24) is 10.2 Å². The van der Waals surface area contributed by atoms with E-state index >= 15 is 0 Å². The zero-order valence-electron chi connectivity index (χ0n) is 8.34. The Bertz CT molecular complexity index is 187. The molecule has 2 nitrogen and oxygen atoms in total. The van der Waals surface area contributed by atoms with Gasteiger partial charge < -0.3 is 5.32 Å². The number of hydrogen-bond donors (Lipinski definition) is 1. The first-order chi connectivity index (χ1) is 6.42. The van der Waals surface area contributed by atoms with Crippen LogP contribution in [0.25, 0.3) is 0 Å². The number of piperazine rings is 1. The first kappa shape index (κ1) is 8.25. The van der Waals surface area contributed by atoms with Gasteiger partial charge in [-0.15, -0.1) is 0 Å². The summed E-state index contributed by atoms with van der Waals surface area (Å²) in [7, 11) is 0. The molecule has 2 heterocycles. The van der Waals surface area contributed by atoms with Crippen molar-refractivity contribution in [2.75, 3.05) is 19.6 Å². The van der Waals surface area contributed by atoms with Crippen molar-refractivity contribution in [2.45, 2.75) is 44.2 Å². The Morgan fingerprint density at radius 2 is 2.08 bits per heavy atom. The molecule has 2 atom stereocenters. The van der Waals surface area contributed by atoms with Crippen LogP contribution in [0.5, 0.6) is 0 Å². The van der Waals surface area contributed by atoms with Crippen LogP contribution < -0.4 is 5.32 Å². The second-order valence-electron chi connectivity index (χ2n) is 5.10. The fourth-order valence-corrected chi connectivity index (χ4v) is 3.40. The Morgan fingerprint density at radius 1 is 1.23 bits per heavy atom. The molecule has 0 aromatic carbocycles. The van der Waals surface area contributed by atoms with Crippen LogP contribution in [0.3, 0.4) is 0 Å². The second kappa shape index (κ2) is 3.25. The van der Waals surface area contributed by atoms with Crippen molar-refractivity contribution in [3.05, 3.63) is 0 Å². The molecule has 0 radical (unpaired) electrons. The van der Waals surface area contributed by atoms with Crippen molar-refractivity contribution in [3.63, 3.8) is 0 Å². The Balaban J connectivity index is 1.55. The quantitative estimate of drug-likeness (QED) is 0.687. The van der Waals surface area contributed by atoms with Gasteiger partial charge in [-0.1, -0.05) is 12.8 Å². The van der Waals surface area contributed by atoms with Gasteiger partial charge in [0.25, 0.3) is 0 Å². The molecule has 74 valence electrons. The molecule has 1 N–H and O–H groups in total. The van der Waals surface area contributed by atoms with E-state index in [2.05, 4.69) is 10.2 Å². The molecule has 2 saturated heterocycles. The van der Waals surface area contributed by atoms with Gasteiger partial charge in [-0.3, -0.25) is 4.90 Å². The molecule has 2 bridgehead atoms. The summed E-state index contributed by atoms with van der Waals surface area (Å²) in [5, 5.41) is 3.57. The minimum Gasteiger partial charge on any atom is -0.311 e. The van der Waals surface area contributed by atoms with E-state index in [9.17, 15) is 0 Å². The minimum absolute atomic E-state index is 0.839. The van der Waals surface area contributed by atoms with Crippen LogP contribution in [0.4, 0.5) is 0 Å². The van der Waals surface area contributed by atoms with E-state index in [0.29, 0.717) is 0 Å². The van der Waals surface area contributed by atoms with Gasteiger partial charge >= 0.3 is 0 Å². The maximum atomic E-state index is 3.57. The summed E-state index contributed by atoms with van der Waals surface area (Å²) >= 11 is 0. The van der Waals surface area contributed by atoms with Crippen LogP contribution in [0.1, 0.15) is 32.1 Å². The molecule has 1 saturated carbocycles. The van der Waals surface area contributed by atoms with E-state index in [1.54, 1.807) is 0 Å². The van der Waals surface area contributed by atoms with Crippen LogP contribution in [-0.2, 0) is 0 Å². The summed E-state index contributed by atoms with van der Waals surface area (Å²) in [6.45, 7) is 4.00. The van der Waals surface area contributed by atoms with Crippen LogP contribution in [0.15, 0.2) is 0 Å². The maximum Gasteiger partial charge on any atom is 0.0236 e. The van der Waals surface area contributed by atoms with E-state index in [-0.39, 0.29) is 0 Å². The zero-order chi connectivity index (χ0) is 8.67. The summed E-state index contributed by atoms with van der Waals surface area (Å²) in [5.74, 6) is 1.04. The fourth-order valence-electron chi connectivity index (χ4n) is 3.40. The Hall–Kier alpha value is -0.0800. The molecule has 2 aliphatic heterocycles. The lowest BCUT2D eigenvalue weighted by Gasteiger charge is -2.29.